The van der Waals surface area contributed by atoms with Crippen molar-refractivity contribution in [3.8, 4) is 0 Å². The lowest BCUT2D eigenvalue weighted by molar-refractivity contribution is -0.123. The Morgan fingerprint density at radius 3 is 2.44 bits per heavy atom. The van der Waals surface area contributed by atoms with Crippen LogP contribution in [0.4, 0.5) is 0 Å². The third kappa shape index (κ3) is 2.10. The second kappa shape index (κ2) is 4.80. The van der Waals surface area contributed by atoms with Gasteiger partial charge in [-0.25, -0.2) is 0 Å². The highest BCUT2D eigenvalue weighted by molar-refractivity contribution is 6.09. The maximum absolute atomic E-state index is 12.1. The van der Waals surface area contributed by atoms with Crippen molar-refractivity contribution < 1.29 is 4.79 Å². The first-order chi connectivity index (χ1) is 8.60. The summed E-state index contributed by atoms with van der Waals surface area (Å²) in [7, 11) is 0. The summed E-state index contributed by atoms with van der Waals surface area (Å²) in [5.41, 5.74) is 1.50. The van der Waals surface area contributed by atoms with Gasteiger partial charge < -0.3 is 5.32 Å². The highest BCUT2D eigenvalue weighted by Gasteiger charge is 2.42. The Morgan fingerprint density at radius 2 is 1.89 bits per heavy atom. The lowest BCUT2D eigenvalue weighted by Gasteiger charge is -2.21. The molecule has 0 aromatic heterocycles. The molecule has 1 unspecified atom stereocenters. The number of guanidine groups is 1. The van der Waals surface area contributed by atoms with Crippen molar-refractivity contribution in [1.82, 2.24) is 10.6 Å². The number of benzene rings is 1. The zero-order chi connectivity index (χ0) is 13.2. The molecule has 1 aliphatic heterocycles. The number of nitrogens with one attached hydrogen (secondary N) is 2. The van der Waals surface area contributed by atoms with Gasteiger partial charge in [-0.15, -0.1) is 0 Å². The molecule has 1 saturated heterocycles. The Labute approximate surface area is 108 Å². The number of amides is 1. The van der Waals surface area contributed by atoms with Crippen molar-refractivity contribution >= 4 is 11.9 Å². The van der Waals surface area contributed by atoms with Gasteiger partial charge in [-0.3, -0.25) is 15.1 Å². The fourth-order valence-corrected chi connectivity index (χ4v) is 2.07. The number of carbonyl (C=O) groups excluding carboxylic acids is 1. The Kier molecular flexibility index (Phi) is 3.36. The minimum atomic E-state index is -0.722. The molecule has 1 heterocycles. The van der Waals surface area contributed by atoms with E-state index in [4.69, 9.17) is 0 Å². The maximum atomic E-state index is 12.1. The van der Waals surface area contributed by atoms with Crippen molar-refractivity contribution in [3.63, 3.8) is 0 Å². The molecular weight excluding hydrogens is 226 g/mol. The molecule has 1 amide bonds. The van der Waals surface area contributed by atoms with Crippen LogP contribution in [-0.2, 0) is 16.8 Å². The van der Waals surface area contributed by atoms with Crippen LogP contribution < -0.4 is 10.6 Å². The number of carbonyl (C=O) groups is 1. The van der Waals surface area contributed by atoms with Crippen LogP contribution in [0.25, 0.3) is 0 Å². The average Bonchev–Trinajstić information content (AvgIpc) is 2.66. The standard InChI is InChI=1S/C14H19N3O/c1-4-10-6-8-11(9-7-10)14(3)12(18)16-13(17-14)15-5-2/h6-9H,4-5H2,1-3H3,(H2,15,16,17,18). The summed E-state index contributed by atoms with van der Waals surface area (Å²) < 4.78 is 0. The van der Waals surface area contributed by atoms with Crippen LogP contribution >= 0.6 is 0 Å². The van der Waals surface area contributed by atoms with E-state index in [2.05, 4.69) is 34.7 Å². The van der Waals surface area contributed by atoms with E-state index in [0.717, 1.165) is 12.0 Å². The van der Waals surface area contributed by atoms with Crippen molar-refractivity contribution in [2.45, 2.75) is 32.7 Å². The van der Waals surface area contributed by atoms with E-state index in [-0.39, 0.29) is 5.91 Å². The molecule has 2 N–H and O–H groups in total. The van der Waals surface area contributed by atoms with E-state index in [1.54, 1.807) is 0 Å². The van der Waals surface area contributed by atoms with E-state index in [0.29, 0.717) is 12.5 Å². The first kappa shape index (κ1) is 12.6. The van der Waals surface area contributed by atoms with Gasteiger partial charge in [-0.1, -0.05) is 31.2 Å². The Balaban J connectivity index is 2.30. The molecule has 4 heteroatoms. The SMILES string of the molecule is CCN=C1NC(=O)C(C)(c2ccc(CC)cc2)N1. The zero-order valence-corrected chi connectivity index (χ0v) is 11.1. The topological polar surface area (TPSA) is 53.5 Å². The van der Waals surface area contributed by atoms with E-state index >= 15 is 0 Å². The molecule has 0 saturated carbocycles. The van der Waals surface area contributed by atoms with Crippen LogP contribution in [-0.4, -0.2) is 18.4 Å². The summed E-state index contributed by atoms with van der Waals surface area (Å²) in [4.78, 5) is 16.3. The normalized spacial score (nSPS) is 25.1. The predicted octanol–water partition coefficient (Wildman–Crippen LogP) is 1.56. The summed E-state index contributed by atoms with van der Waals surface area (Å²) in [5.74, 6) is 0.503. The molecule has 1 atom stereocenters. The van der Waals surface area contributed by atoms with Crippen molar-refractivity contribution in [2.75, 3.05) is 6.54 Å². The highest BCUT2D eigenvalue weighted by Crippen LogP contribution is 2.24. The first-order valence-electron chi connectivity index (χ1n) is 6.33. The third-order valence-corrected chi connectivity index (χ3v) is 3.31. The van der Waals surface area contributed by atoms with E-state index < -0.39 is 5.54 Å². The van der Waals surface area contributed by atoms with Gasteiger partial charge >= 0.3 is 0 Å². The molecule has 0 aliphatic carbocycles. The second-order valence-corrected chi connectivity index (χ2v) is 4.58. The summed E-state index contributed by atoms with van der Waals surface area (Å²) >= 11 is 0. The largest absolute Gasteiger partial charge is 0.338 e. The molecule has 1 aliphatic rings. The summed E-state index contributed by atoms with van der Waals surface area (Å²) in [6.45, 7) is 6.57. The van der Waals surface area contributed by atoms with Crippen LogP contribution in [0.2, 0.25) is 0 Å². The van der Waals surface area contributed by atoms with Gasteiger partial charge in [0.1, 0.15) is 5.54 Å². The van der Waals surface area contributed by atoms with Crippen LogP contribution in [0.3, 0.4) is 0 Å². The quantitative estimate of drug-likeness (QED) is 0.849. The molecule has 96 valence electrons. The van der Waals surface area contributed by atoms with Gasteiger partial charge in [-0.05, 0) is 31.4 Å². The van der Waals surface area contributed by atoms with Gasteiger partial charge in [0.05, 0.1) is 0 Å². The van der Waals surface area contributed by atoms with Gasteiger partial charge in [-0.2, -0.15) is 0 Å². The third-order valence-electron chi connectivity index (χ3n) is 3.31. The number of rotatable bonds is 3. The molecule has 1 aromatic carbocycles. The Morgan fingerprint density at radius 1 is 1.22 bits per heavy atom. The molecule has 0 spiro atoms. The van der Waals surface area contributed by atoms with Crippen molar-refractivity contribution in [3.05, 3.63) is 35.4 Å². The molecule has 4 nitrogen and oxygen atoms in total. The molecule has 2 rings (SSSR count). The van der Waals surface area contributed by atoms with E-state index in [1.807, 2.05) is 26.0 Å². The second-order valence-electron chi connectivity index (χ2n) is 4.58. The fraction of sp³-hybridized carbons (Fsp3) is 0.429. The van der Waals surface area contributed by atoms with Crippen LogP contribution in [0.5, 0.6) is 0 Å². The molecule has 1 aromatic rings. The number of nitrogens with zero attached hydrogens (tertiary/aromatic N) is 1. The molecule has 18 heavy (non-hydrogen) atoms. The van der Waals surface area contributed by atoms with Gasteiger partial charge in [0.2, 0.25) is 0 Å². The number of aliphatic imine (C=N–C) groups is 1. The van der Waals surface area contributed by atoms with Gasteiger partial charge in [0, 0.05) is 6.54 Å². The summed E-state index contributed by atoms with van der Waals surface area (Å²) in [6.07, 6.45) is 0.999. The van der Waals surface area contributed by atoms with E-state index in [9.17, 15) is 4.79 Å². The Hall–Kier alpha value is -1.84. The lowest BCUT2D eigenvalue weighted by Crippen LogP contribution is -2.40. The lowest BCUT2D eigenvalue weighted by atomic mass is 9.91. The van der Waals surface area contributed by atoms with Gasteiger partial charge in [0.25, 0.3) is 5.91 Å². The minimum Gasteiger partial charge on any atom is -0.338 e. The molecule has 0 bridgehead atoms. The smallest absolute Gasteiger partial charge is 0.256 e. The number of hydrogen-bond donors (Lipinski definition) is 2. The van der Waals surface area contributed by atoms with E-state index in [1.165, 1.54) is 5.56 Å². The minimum absolute atomic E-state index is 0.0565. The van der Waals surface area contributed by atoms with Crippen molar-refractivity contribution in [1.29, 1.82) is 0 Å². The summed E-state index contributed by atoms with van der Waals surface area (Å²) in [5, 5.41) is 5.93. The molecule has 1 fully saturated rings. The van der Waals surface area contributed by atoms with Crippen LogP contribution in [0, 0.1) is 0 Å². The number of aryl methyl sites for hydroxylation is 1. The fourth-order valence-electron chi connectivity index (χ4n) is 2.07. The maximum Gasteiger partial charge on any atom is 0.256 e. The van der Waals surface area contributed by atoms with Gasteiger partial charge in [0.15, 0.2) is 5.96 Å². The van der Waals surface area contributed by atoms with Crippen LogP contribution in [0.15, 0.2) is 29.3 Å². The monoisotopic (exact) mass is 245 g/mol. The highest BCUT2D eigenvalue weighted by atomic mass is 16.2. The van der Waals surface area contributed by atoms with Crippen molar-refractivity contribution in [2.24, 2.45) is 4.99 Å². The first-order valence-corrected chi connectivity index (χ1v) is 6.33. The predicted molar refractivity (Wildman–Crippen MR) is 72.4 cm³/mol. The molecular formula is C14H19N3O. The summed E-state index contributed by atoms with van der Waals surface area (Å²) in [6, 6.07) is 8.12. The average molecular weight is 245 g/mol. The zero-order valence-electron chi connectivity index (χ0n) is 11.1. The number of hydrogen-bond acceptors (Lipinski definition) is 2. The van der Waals surface area contributed by atoms with Crippen LogP contribution in [0.1, 0.15) is 31.9 Å². The Bertz CT molecular complexity index is 478. The molecule has 0 radical (unpaired) electrons.